The molecule has 6 nitrogen and oxygen atoms in total. The molecule has 0 spiro atoms. The van der Waals surface area contributed by atoms with E-state index in [9.17, 15) is 18.8 Å². The van der Waals surface area contributed by atoms with Crippen LogP contribution in [0, 0.1) is 12.7 Å². The second kappa shape index (κ2) is 8.61. The van der Waals surface area contributed by atoms with Crippen LogP contribution in [0.25, 0.3) is 17.4 Å². The van der Waals surface area contributed by atoms with E-state index in [2.05, 4.69) is 5.32 Å². The van der Waals surface area contributed by atoms with Crippen LogP contribution in [0.2, 0.25) is 0 Å². The van der Waals surface area contributed by atoms with Crippen LogP contribution in [-0.2, 0) is 9.59 Å². The number of carbonyl (C=O) groups is 3. The quantitative estimate of drug-likeness (QED) is 0.565. The van der Waals surface area contributed by atoms with E-state index < -0.39 is 17.1 Å². The SMILES string of the molecule is Cc1ccc(NC(=O)CN2C(=O)S/C(=C\c3ccc(-c4cccc(F)c4)o3)C2=O)cc1. The zero-order valence-electron chi connectivity index (χ0n) is 16.4. The van der Waals surface area contributed by atoms with Gasteiger partial charge in [0, 0.05) is 17.3 Å². The Morgan fingerprint density at radius 2 is 1.90 bits per heavy atom. The second-order valence-corrected chi connectivity index (χ2v) is 7.89. The Morgan fingerprint density at radius 3 is 2.65 bits per heavy atom. The van der Waals surface area contributed by atoms with E-state index in [1.54, 1.807) is 36.4 Å². The van der Waals surface area contributed by atoms with E-state index in [0.29, 0.717) is 22.8 Å². The van der Waals surface area contributed by atoms with E-state index in [4.69, 9.17) is 4.42 Å². The zero-order chi connectivity index (χ0) is 22.0. The van der Waals surface area contributed by atoms with Crippen LogP contribution < -0.4 is 5.32 Å². The molecule has 1 saturated heterocycles. The summed E-state index contributed by atoms with van der Waals surface area (Å²) in [7, 11) is 0. The lowest BCUT2D eigenvalue weighted by Gasteiger charge is -2.12. The molecule has 8 heteroatoms. The number of aryl methyl sites for hydroxylation is 1. The molecular weight excluding hydrogens is 419 g/mol. The molecule has 3 amide bonds. The first-order valence-electron chi connectivity index (χ1n) is 9.37. The first kappa shape index (κ1) is 20.6. The van der Waals surface area contributed by atoms with Crippen molar-refractivity contribution in [3.05, 3.63) is 82.7 Å². The highest BCUT2D eigenvalue weighted by Gasteiger charge is 2.36. The van der Waals surface area contributed by atoms with Gasteiger partial charge in [0.05, 0.1) is 4.91 Å². The minimum absolute atomic E-state index is 0.147. The van der Waals surface area contributed by atoms with Crippen LogP contribution >= 0.6 is 11.8 Å². The Morgan fingerprint density at radius 1 is 1.13 bits per heavy atom. The Balaban J connectivity index is 1.45. The monoisotopic (exact) mass is 436 g/mol. The lowest BCUT2D eigenvalue weighted by atomic mass is 10.2. The summed E-state index contributed by atoms with van der Waals surface area (Å²) >= 11 is 0.733. The molecule has 2 aromatic carbocycles. The van der Waals surface area contributed by atoms with Crippen LogP contribution in [-0.4, -0.2) is 28.5 Å². The molecule has 1 aliphatic heterocycles. The minimum Gasteiger partial charge on any atom is -0.457 e. The molecule has 4 rings (SSSR count). The van der Waals surface area contributed by atoms with Crippen LogP contribution in [0.3, 0.4) is 0 Å². The third kappa shape index (κ3) is 4.75. The van der Waals surface area contributed by atoms with Gasteiger partial charge in [-0.1, -0.05) is 29.8 Å². The first-order chi connectivity index (χ1) is 14.9. The van der Waals surface area contributed by atoms with Gasteiger partial charge in [-0.3, -0.25) is 19.3 Å². The van der Waals surface area contributed by atoms with Gasteiger partial charge in [0.25, 0.3) is 11.1 Å². The summed E-state index contributed by atoms with van der Waals surface area (Å²) in [6, 6.07) is 16.4. The summed E-state index contributed by atoms with van der Waals surface area (Å²) in [4.78, 5) is 38.2. The van der Waals surface area contributed by atoms with Gasteiger partial charge >= 0.3 is 0 Å². The molecule has 1 aliphatic rings. The number of thioether (sulfide) groups is 1. The number of imide groups is 1. The molecule has 0 atom stereocenters. The average molecular weight is 436 g/mol. The number of hydrogen-bond acceptors (Lipinski definition) is 5. The third-order valence-electron chi connectivity index (χ3n) is 4.52. The predicted molar refractivity (Wildman–Crippen MR) is 117 cm³/mol. The van der Waals surface area contributed by atoms with Crippen molar-refractivity contribution >= 4 is 40.6 Å². The zero-order valence-corrected chi connectivity index (χ0v) is 17.2. The number of nitrogens with one attached hydrogen (secondary N) is 1. The van der Waals surface area contributed by atoms with Crippen molar-refractivity contribution in [1.82, 2.24) is 4.90 Å². The smallest absolute Gasteiger partial charge is 0.294 e. The van der Waals surface area contributed by atoms with Gasteiger partial charge in [0.15, 0.2) is 0 Å². The van der Waals surface area contributed by atoms with Crippen molar-refractivity contribution in [2.75, 3.05) is 11.9 Å². The Bertz CT molecular complexity index is 1200. The van der Waals surface area contributed by atoms with Crippen molar-refractivity contribution < 1.29 is 23.2 Å². The highest BCUT2D eigenvalue weighted by Crippen LogP contribution is 2.33. The molecule has 31 heavy (non-hydrogen) atoms. The Hall–Kier alpha value is -3.65. The van der Waals surface area contributed by atoms with Crippen molar-refractivity contribution in [1.29, 1.82) is 0 Å². The number of halogens is 1. The maximum atomic E-state index is 13.4. The molecule has 0 saturated carbocycles. The predicted octanol–water partition coefficient (Wildman–Crippen LogP) is 5.07. The number of hydrogen-bond donors (Lipinski definition) is 1. The highest BCUT2D eigenvalue weighted by atomic mass is 32.2. The molecule has 0 radical (unpaired) electrons. The minimum atomic E-state index is -0.572. The summed E-state index contributed by atoms with van der Waals surface area (Å²) in [6.45, 7) is 1.54. The number of nitrogens with zero attached hydrogens (tertiary/aromatic N) is 1. The fourth-order valence-electron chi connectivity index (χ4n) is 2.97. The van der Waals surface area contributed by atoms with Gasteiger partial charge in [-0.2, -0.15) is 0 Å². The summed E-state index contributed by atoms with van der Waals surface area (Å²) in [6.07, 6.45) is 1.44. The number of benzene rings is 2. The maximum absolute atomic E-state index is 13.4. The highest BCUT2D eigenvalue weighted by molar-refractivity contribution is 8.18. The van der Waals surface area contributed by atoms with E-state index in [-0.39, 0.29) is 17.3 Å². The van der Waals surface area contributed by atoms with Crippen LogP contribution in [0.5, 0.6) is 0 Å². The average Bonchev–Trinajstić information content (AvgIpc) is 3.30. The van der Waals surface area contributed by atoms with Crippen molar-refractivity contribution in [3.63, 3.8) is 0 Å². The van der Waals surface area contributed by atoms with E-state index in [1.165, 1.54) is 18.2 Å². The fraction of sp³-hybridized carbons (Fsp3) is 0.0870. The lowest BCUT2D eigenvalue weighted by Crippen LogP contribution is -2.36. The maximum Gasteiger partial charge on any atom is 0.294 e. The topological polar surface area (TPSA) is 79.6 Å². The molecule has 0 aliphatic carbocycles. The number of anilines is 1. The van der Waals surface area contributed by atoms with Crippen molar-refractivity contribution in [3.8, 4) is 11.3 Å². The molecule has 1 aromatic heterocycles. The van der Waals surface area contributed by atoms with Gasteiger partial charge < -0.3 is 9.73 Å². The fourth-order valence-corrected chi connectivity index (χ4v) is 3.79. The van der Waals surface area contributed by atoms with E-state index in [1.807, 2.05) is 19.1 Å². The normalized spacial score (nSPS) is 15.0. The van der Waals surface area contributed by atoms with Gasteiger partial charge in [-0.05, 0) is 55.1 Å². The molecular formula is C23H17FN2O4S. The molecule has 0 unspecified atom stereocenters. The number of carbonyl (C=O) groups excluding carboxylic acids is 3. The summed E-state index contributed by atoms with van der Waals surface area (Å²) in [5, 5.41) is 2.13. The van der Waals surface area contributed by atoms with Gasteiger partial charge in [-0.25, -0.2) is 4.39 Å². The molecule has 0 bridgehead atoms. The van der Waals surface area contributed by atoms with E-state index >= 15 is 0 Å². The third-order valence-corrected chi connectivity index (χ3v) is 5.43. The first-order valence-corrected chi connectivity index (χ1v) is 10.2. The van der Waals surface area contributed by atoms with Crippen molar-refractivity contribution in [2.45, 2.75) is 6.92 Å². The lowest BCUT2D eigenvalue weighted by molar-refractivity contribution is -0.127. The van der Waals surface area contributed by atoms with Crippen molar-refractivity contribution in [2.24, 2.45) is 0 Å². The Labute approximate surface area is 181 Å². The van der Waals surface area contributed by atoms with E-state index in [0.717, 1.165) is 22.2 Å². The number of rotatable bonds is 5. The molecule has 1 N–H and O–H groups in total. The largest absolute Gasteiger partial charge is 0.457 e. The summed E-state index contributed by atoms with van der Waals surface area (Å²) in [5.41, 5.74) is 2.19. The number of furan rings is 1. The van der Waals surface area contributed by atoms with Crippen LogP contribution in [0.4, 0.5) is 14.9 Å². The second-order valence-electron chi connectivity index (χ2n) is 6.89. The van der Waals surface area contributed by atoms with Gasteiger partial charge in [-0.15, -0.1) is 0 Å². The van der Waals surface area contributed by atoms with Gasteiger partial charge in [0.1, 0.15) is 23.9 Å². The number of amides is 3. The molecule has 2 heterocycles. The Kier molecular flexibility index (Phi) is 5.73. The summed E-state index contributed by atoms with van der Waals surface area (Å²) in [5.74, 6) is -0.659. The molecule has 1 fully saturated rings. The molecule has 3 aromatic rings. The van der Waals surface area contributed by atoms with Gasteiger partial charge in [0.2, 0.25) is 5.91 Å². The summed E-state index contributed by atoms with van der Waals surface area (Å²) < 4.78 is 19.1. The van der Waals surface area contributed by atoms with Crippen LogP contribution in [0.15, 0.2) is 70.0 Å². The molecule has 156 valence electrons. The van der Waals surface area contributed by atoms with Crippen LogP contribution in [0.1, 0.15) is 11.3 Å². The standard InChI is InChI=1S/C23H17FN2O4S/c1-14-5-7-17(8-6-14)25-21(27)13-26-22(28)20(31-23(26)29)12-18-9-10-19(30-18)15-3-2-4-16(24)11-15/h2-12H,13H2,1H3,(H,25,27)/b20-12-.